The van der Waals surface area contributed by atoms with Crippen LogP contribution in [0.15, 0.2) is 12.3 Å². The van der Waals surface area contributed by atoms with E-state index in [1.54, 1.807) is 20.0 Å². The molecule has 6 N–H and O–H groups in total. The summed E-state index contributed by atoms with van der Waals surface area (Å²) in [5, 5.41) is 24.2. The molecule has 3 heterocycles. The van der Waals surface area contributed by atoms with Crippen molar-refractivity contribution < 1.29 is 56.5 Å². The van der Waals surface area contributed by atoms with Crippen LogP contribution < -0.4 is 5.32 Å². The Kier molecular flexibility index (Phi) is 7.01. The van der Waals surface area contributed by atoms with Crippen molar-refractivity contribution in [1.82, 2.24) is 14.5 Å². The number of hydrogen-bond donors (Lipinski definition) is 6. The quantitative estimate of drug-likeness (QED) is 0.260. The molecule has 0 amide bonds. The van der Waals surface area contributed by atoms with Crippen molar-refractivity contribution in [2.45, 2.75) is 31.6 Å². The van der Waals surface area contributed by atoms with Gasteiger partial charge in [0.2, 0.25) is 0 Å². The van der Waals surface area contributed by atoms with E-state index in [4.69, 9.17) is 19.0 Å². The second-order valence-corrected chi connectivity index (χ2v) is 11.7. The van der Waals surface area contributed by atoms with Gasteiger partial charge < -0.3 is 39.5 Å². The first-order valence-electron chi connectivity index (χ1n) is 8.74. The Morgan fingerprint density at radius 1 is 1.12 bits per heavy atom. The first-order valence-corrected chi connectivity index (χ1v) is 13.8. The average molecular weight is 518 g/mol. The van der Waals surface area contributed by atoms with E-state index in [0.29, 0.717) is 29.3 Å². The summed E-state index contributed by atoms with van der Waals surface area (Å²) in [6.07, 6.45) is -5.00. The minimum absolute atomic E-state index is 0.338. The number of rotatable bonds is 8. The number of aryl methyl sites for hydroxylation is 1. The predicted molar refractivity (Wildman–Crippen MR) is 106 cm³/mol. The van der Waals surface area contributed by atoms with Gasteiger partial charge in [-0.15, -0.1) is 0 Å². The van der Waals surface area contributed by atoms with Gasteiger partial charge in [-0.2, -0.15) is 4.31 Å². The second-order valence-electron chi connectivity index (χ2n) is 6.71. The Morgan fingerprint density at radius 2 is 1.78 bits per heavy atom. The number of fused-ring (bicyclic) bond motifs is 1. The van der Waals surface area contributed by atoms with Gasteiger partial charge in [0.15, 0.2) is 12.5 Å². The SMILES string of the molecule is CNc1nc(C)nc2c1ccn2C1OC(OP(C)(=O)OP(=O)(O)OP(=O)(O)O)C(O)C1O. The summed E-state index contributed by atoms with van der Waals surface area (Å²) in [7, 11) is -13.9. The predicted octanol–water partition coefficient (Wildman–Crippen LogP) is 0.424. The number of nitrogens with one attached hydrogen (secondary N) is 1. The molecule has 0 aromatic carbocycles. The third-order valence-electron chi connectivity index (χ3n) is 4.15. The van der Waals surface area contributed by atoms with E-state index in [1.807, 2.05) is 0 Å². The Bertz CT molecular complexity index is 1150. The number of anilines is 1. The molecule has 6 unspecified atom stereocenters. The monoisotopic (exact) mass is 518 g/mol. The van der Waals surface area contributed by atoms with E-state index in [-0.39, 0.29) is 0 Å². The number of aliphatic hydroxyl groups is 2. The van der Waals surface area contributed by atoms with Gasteiger partial charge in [-0.25, -0.2) is 23.4 Å². The van der Waals surface area contributed by atoms with Crippen LogP contribution in [-0.4, -0.2) is 71.6 Å². The fourth-order valence-corrected chi connectivity index (χ4v) is 6.70. The molecule has 1 aliphatic rings. The third-order valence-corrected chi connectivity index (χ3v) is 8.42. The van der Waals surface area contributed by atoms with Gasteiger partial charge in [-0.1, -0.05) is 0 Å². The van der Waals surface area contributed by atoms with Crippen LogP contribution in [0.3, 0.4) is 0 Å². The van der Waals surface area contributed by atoms with E-state index in [1.165, 1.54) is 10.8 Å². The van der Waals surface area contributed by atoms with Crippen molar-refractivity contribution in [2.75, 3.05) is 19.0 Å². The van der Waals surface area contributed by atoms with Crippen LogP contribution in [0.5, 0.6) is 0 Å². The maximum Gasteiger partial charge on any atom is 0.488 e. The van der Waals surface area contributed by atoms with Gasteiger partial charge in [0.1, 0.15) is 29.5 Å². The van der Waals surface area contributed by atoms with Crippen molar-refractivity contribution in [1.29, 1.82) is 0 Å². The van der Waals surface area contributed by atoms with E-state index in [9.17, 15) is 28.8 Å². The molecular formula is C13H21N4O12P3. The summed E-state index contributed by atoms with van der Waals surface area (Å²) in [5.74, 6) is 0.903. The topological polar surface area (TPSA) is 232 Å². The van der Waals surface area contributed by atoms with Gasteiger partial charge in [0, 0.05) is 19.9 Å². The summed E-state index contributed by atoms with van der Waals surface area (Å²) in [6.45, 7) is 2.32. The highest BCUT2D eigenvalue weighted by Crippen LogP contribution is 2.67. The van der Waals surface area contributed by atoms with Crippen molar-refractivity contribution in [2.24, 2.45) is 0 Å². The summed E-state index contributed by atoms with van der Waals surface area (Å²) in [5.41, 5.74) is 0.338. The number of phosphoric acid groups is 2. The first-order chi connectivity index (χ1) is 14.6. The molecule has 2 aromatic rings. The molecule has 3 rings (SSSR count). The Labute approximate surface area is 180 Å². The molecule has 0 spiro atoms. The second kappa shape index (κ2) is 8.84. The lowest BCUT2D eigenvalue weighted by atomic mass is 10.2. The lowest BCUT2D eigenvalue weighted by molar-refractivity contribution is -0.127. The summed E-state index contributed by atoms with van der Waals surface area (Å²) < 4.78 is 54.3. The third kappa shape index (κ3) is 5.62. The highest BCUT2D eigenvalue weighted by molar-refractivity contribution is 7.68. The molecule has 19 heteroatoms. The lowest BCUT2D eigenvalue weighted by Crippen LogP contribution is -2.32. The number of hydrogen-bond acceptors (Lipinski definition) is 12. The standard InChI is InChI=1S/C13H21N4O12P3/c1-6-15-10(14-2)7-4-5-17(11(7)16-6)12-8(18)9(19)13(26-12)27-30(3,20)28-32(24,25)29-31(21,22)23/h4-5,8-9,12-13,18-19H,1-3H3,(H,24,25)(H,14,15,16)(H2,21,22,23). The number of aliphatic hydroxyl groups excluding tert-OH is 2. The van der Waals surface area contributed by atoms with Crippen LogP contribution in [0.25, 0.3) is 11.0 Å². The van der Waals surface area contributed by atoms with Crippen molar-refractivity contribution in [3.63, 3.8) is 0 Å². The van der Waals surface area contributed by atoms with Crippen LogP contribution in [0, 0.1) is 6.92 Å². The fourth-order valence-electron chi connectivity index (χ4n) is 3.03. The van der Waals surface area contributed by atoms with Crippen LogP contribution in [0.2, 0.25) is 0 Å². The lowest BCUT2D eigenvalue weighted by Gasteiger charge is -2.22. The Morgan fingerprint density at radius 3 is 2.38 bits per heavy atom. The maximum atomic E-state index is 12.4. The molecular weight excluding hydrogens is 497 g/mol. The number of ether oxygens (including phenoxy) is 1. The molecule has 2 aromatic heterocycles. The van der Waals surface area contributed by atoms with Crippen molar-refractivity contribution in [3.05, 3.63) is 18.1 Å². The first kappa shape index (κ1) is 25.4. The fraction of sp³-hybridized carbons (Fsp3) is 0.538. The van der Waals surface area contributed by atoms with Crippen molar-refractivity contribution >= 4 is 40.1 Å². The summed E-state index contributed by atoms with van der Waals surface area (Å²) >= 11 is 0. The molecule has 16 nitrogen and oxygen atoms in total. The van der Waals surface area contributed by atoms with E-state index < -0.39 is 48.0 Å². The van der Waals surface area contributed by atoms with Crippen LogP contribution in [-0.2, 0) is 31.6 Å². The van der Waals surface area contributed by atoms with E-state index in [2.05, 4.69) is 23.9 Å². The van der Waals surface area contributed by atoms with E-state index >= 15 is 0 Å². The number of aromatic nitrogens is 3. The van der Waals surface area contributed by atoms with Crippen LogP contribution in [0.1, 0.15) is 12.1 Å². The van der Waals surface area contributed by atoms with Crippen LogP contribution >= 0.6 is 23.2 Å². The van der Waals surface area contributed by atoms with Gasteiger partial charge in [-0.3, -0.25) is 9.09 Å². The normalized spacial score (nSPS) is 27.9. The van der Waals surface area contributed by atoms with Crippen LogP contribution in [0.4, 0.5) is 5.82 Å². The Balaban J connectivity index is 1.82. The summed E-state index contributed by atoms with van der Waals surface area (Å²) in [4.78, 5) is 35.1. The summed E-state index contributed by atoms with van der Waals surface area (Å²) in [6, 6.07) is 1.63. The minimum Gasteiger partial charge on any atom is -0.385 e. The molecule has 32 heavy (non-hydrogen) atoms. The molecule has 0 bridgehead atoms. The van der Waals surface area contributed by atoms with Gasteiger partial charge >= 0.3 is 23.2 Å². The Hall–Kier alpha value is -1.25. The van der Waals surface area contributed by atoms with Gasteiger partial charge in [0.05, 0.1) is 5.39 Å². The molecule has 1 fully saturated rings. The van der Waals surface area contributed by atoms with E-state index in [0.717, 1.165) is 0 Å². The van der Waals surface area contributed by atoms with Crippen molar-refractivity contribution in [3.8, 4) is 0 Å². The molecule has 180 valence electrons. The molecule has 1 aliphatic heterocycles. The maximum absolute atomic E-state index is 12.4. The zero-order valence-electron chi connectivity index (χ0n) is 16.7. The molecule has 0 aliphatic carbocycles. The zero-order valence-corrected chi connectivity index (χ0v) is 19.4. The molecule has 0 radical (unpaired) electrons. The molecule has 6 atom stereocenters. The number of nitrogens with zero attached hydrogens (tertiary/aromatic N) is 3. The highest BCUT2D eigenvalue weighted by Gasteiger charge is 2.49. The highest BCUT2D eigenvalue weighted by atomic mass is 31.3. The van der Waals surface area contributed by atoms with Gasteiger partial charge in [0.25, 0.3) is 0 Å². The largest absolute Gasteiger partial charge is 0.488 e. The smallest absolute Gasteiger partial charge is 0.385 e. The molecule has 0 saturated carbocycles. The molecule has 1 saturated heterocycles. The zero-order chi connectivity index (χ0) is 24.1. The van der Waals surface area contributed by atoms with Gasteiger partial charge in [-0.05, 0) is 13.0 Å². The average Bonchev–Trinajstić information content (AvgIpc) is 3.13. The minimum atomic E-state index is -5.52.